The van der Waals surface area contributed by atoms with E-state index in [1.165, 1.54) is 0 Å². The van der Waals surface area contributed by atoms with Crippen molar-refractivity contribution in [2.24, 2.45) is 0 Å². The normalized spacial score (nSPS) is 23.3. The Morgan fingerprint density at radius 2 is 2.05 bits per heavy atom. The van der Waals surface area contributed by atoms with Crippen molar-refractivity contribution in [3.63, 3.8) is 0 Å². The SMILES string of the molecule is CC(CCNC1CCS(=O)(=O)C1)NC(=O)OC(C)(C)C. The number of hydrogen-bond donors (Lipinski definition) is 2. The van der Waals surface area contributed by atoms with Crippen LogP contribution in [0.3, 0.4) is 0 Å². The van der Waals surface area contributed by atoms with Crippen molar-refractivity contribution in [2.75, 3.05) is 18.1 Å². The molecule has 0 spiro atoms. The van der Waals surface area contributed by atoms with Gasteiger partial charge >= 0.3 is 6.09 Å². The van der Waals surface area contributed by atoms with E-state index in [-0.39, 0.29) is 23.6 Å². The lowest BCUT2D eigenvalue weighted by Crippen LogP contribution is -2.40. The number of hydrogen-bond acceptors (Lipinski definition) is 5. The number of carbonyl (C=O) groups is 1. The molecule has 1 aliphatic heterocycles. The Labute approximate surface area is 121 Å². The van der Waals surface area contributed by atoms with Crippen molar-refractivity contribution in [3.8, 4) is 0 Å². The van der Waals surface area contributed by atoms with E-state index < -0.39 is 21.5 Å². The Morgan fingerprint density at radius 1 is 1.40 bits per heavy atom. The zero-order chi connectivity index (χ0) is 15.4. The minimum absolute atomic E-state index is 0.0182. The average molecular weight is 306 g/mol. The highest BCUT2D eigenvalue weighted by Gasteiger charge is 2.27. The van der Waals surface area contributed by atoms with Crippen molar-refractivity contribution in [1.82, 2.24) is 10.6 Å². The number of carbonyl (C=O) groups excluding carboxylic acids is 1. The standard InChI is InChI=1S/C13H26N2O4S/c1-10(15-12(16)19-13(2,3)4)5-7-14-11-6-8-20(17,18)9-11/h10-11,14H,5-9H2,1-4H3,(H,15,16). The third kappa shape index (κ3) is 7.09. The molecule has 2 N–H and O–H groups in total. The molecule has 2 atom stereocenters. The van der Waals surface area contributed by atoms with Crippen LogP contribution < -0.4 is 10.6 Å². The summed E-state index contributed by atoms with van der Waals surface area (Å²) in [5.74, 6) is 0.497. The molecular formula is C13H26N2O4S. The fourth-order valence-corrected chi connectivity index (χ4v) is 3.75. The summed E-state index contributed by atoms with van der Waals surface area (Å²) in [6.45, 7) is 8.03. The third-order valence-electron chi connectivity index (χ3n) is 3.01. The lowest BCUT2D eigenvalue weighted by atomic mass is 10.2. The lowest BCUT2D eigenvalue weighted by molar-refractivity contribution is 0.0506. The molecule has 1 fully saturated rings. The highest BCUT2D eigenvalue weighted by Crippen LogP contribution is 2.11. The monoisotopic (exact) mass is 306 g/mol. The fourth-order valence-electron chi connectivity index (χ4n) is 2.04. The van der Waals surface area contributed by atoms with E-state index in [1.54, 1.807) is 0 Å². The quantitative estimate of drug-likeness (QED) is 0.793. The van der Waals surface area contributed by atoms with Gasteiger partial charge in [0.1, 0.15) is 5.60 Å². The van der Waals surface area contributed by atoms with Crippen LogP contribution in [0.25, 0.3) is 0 Å². The summed E-state index contributed by atoms with van der Waals surface area (Å²) in [6.07, 6.45) is 0.986. The van der Waals surface area contributed by atoms with E-state index in [9.17, 15) is 13.2 Å². The van der Waals surface area contributed by atoms with E-state index in [4.69, 9.17) is 4.74 Å². The van der Waals surface area contributed by atoms with Gasteiger partial charge < -0.3 is 15.4 Å². The summed E-state index contributed by atoms with van der Waals surface area (Å²) < 4.78 is 27.8. The largest absolute Gasteiger partial charge is 0.444 e. The molecule has 1 saturated heterocycles. The molecule has 0 aromatic rings. The maximum Gasteiger partial charge on any atom is 0.407 e. The summed E-state index contributed by atoms with van der Waals surface area (Å²) in [4.78, 5) is 11.5. The molecular weight excluding hydrogens is 280 g/mol. The van der Waals surface area contributed by atoms with Crippen LogP contribution >= 0.6 is 0 Å². The Hall–Kier alpha value is -0.820. The molecule has 1 heterocycles. The number of rotatable bonds is 5. The summed E-state index contributed by atoms with van der Waals surface area (Å²) in [6, 6.07) is 0.0316. The van der Waals surface area contributed by atoms with Crippen LogP contribution in [0.4, 0.5) is 4.79 Å². The molecule has 118 valence electrons. The second kappa shape index (κ2) is 6.76. The first kappa shape index (κ1) is 17.2. The molecule has 0 aliphatic carbocycles. The van der Waals surface area contributed by atoms with Crippen molar-refractivity contribution in [1.29, 1.82) is 0 Å². The minimum Gasteiger partial charge on any atom is -0.444 e. The van der Waals surface area contributed by atoms with Crippen LogP contribution in [-0.4, -0.2) is 50.2 Å². The van der Waals surface area contributed by atoms with Crippen LogP contribution in [0, 0.1) is 0 Å². The molecule has 0 radical (unpaired) electrons. The smallest absolute Gasteiger partial charge is 0.407 e. The second-order valence-corrected chi connectivity index (χ2v) is 8.62. The average Bonchev–Trinajstić information content (AvgIpc) is 2.54. The predicted octanol–water partition coefficient (Wildman–Crippen LogP) is 1.07. The van der Waals surface area contributed by atoms with E-state index >= 15 is 0 Å². The molecule has 1 aliphatic rings. The minimum atomic E-state index is -2.84. The van der Waals surface area contributed by atoms with Gasteiger partial charge in [0.2, 0.25) is 0 Å². The van der Waals surface area contributed by atoms with Gasteiger partial charge in [0.05, 0.1) is 11.5 Å². The molecule has 1 rings (SSSR count). The van der Waals surface area contributed by atoms with Gasteiger partial charge in [-0.3, -0.25) is 0 Å². The van der Waals surface area contributed by atoms with Crippen molar-refractivity contribution in [2.45, 2.75) is 58.2 Å². The molecule has 0 bridgehead atoms. The zero-order valence-corrected chi connectivity index (χ0v) is 13.5. The van der Waals surface area contributed by atoms with Gasteiger partial charge in [0.25, 0.3) is 0 Å². The fraction of sp³-hybridized carbons (Fsp3) is 0.923. The van der Waals surface area contributed by atoms with Crippen LogP contribution in [-0.2, 0) is 14.6 Å². The first-order valence-corrected chi connectivity index (χ1v) is 8.83. The first-order chi connectivity index (χ1) is 9.07. The van der Waals surface area contributed by atoms with Gasteiger partial charge in [-0.25, -0.2) is 13.2 Å². The Bertz CT molecular complexity index is 428. The maximum absolute atomic E-state index is 11.5. The van der Waals surface area contributed by atoms with Gasteiger partial charge in [-0.05, 0) is 47.1 Å². The van der Waals surface area contributed by atoms with Gasteiger partial charge in [-0.15, -0.1) is 0 Å². The topological polar surface area (TPSA) is 84.5 Å². The Morgan fingerprint density at radius 3 is 2.55 bits per heavy atom. The molecule has 6 nitrogen and oxygen atoms in total. The summed E-state index contributed by atoms with van der Waals surface area (Å²) >= 11 is 0. The van der Waals surface area contributed by atoms with Gasteiger partial charge in [0.15, 0.2) is 9.84 Å². The second-order valence-electron chi connectivity index (χ2n) is 6.39. The van der Waals surface area contributed by atoms with E-state index in [0.717, 1.165) is 6.42 Å². The molecule has 2 unspecified atom stereocenters. The van der Waals surface area contributed by atoms with Crippen molar-refractivity contribution in [3.05, 3.63) is 0 Å². The number of sulfone groups is 1. The predicted molar refractivity (Wildman–Crippen MR) is 78.5 cm³/mol. The van der Waals surface area contributed by atoms with Crippen LogP contribution in [0.1, 0.15) is 40.5 Å². The highest BCUT2D eigenvalue weighted by molar-refractivity contribution is 7.91. The lowest BCUT2D eigenvalue weighted by Gasteiger charge is -2.22. The van der Waals surface area contributed by atoms with Crippen LogP contribution in [0.2, 0.25) is 0 Å². The highest BCUT2D eigenvalue weighted by atomic mass is 32.2. The Kier molecular flexibility index (Phi) is 5.82. The number of ether oxygens (including phenoxy) is 1. The summed E-state index contributed by atoms with van der Waals surface area (Å²) in [5, 5.41) is 5.98. The van der Waals surface area contributed by atoms with Gasteiger partial charge in [0, 0.05) is 12.1 Å². The van der Waals surface area contributed by atoms with Crippen LogP contribution in [0.15, 0.2) is 0 Å². The van der Waals surface area contributed by atoms with E-state index in [1.807, 2.05) is 27.7 Å². The van der Waals surface area contributed by atoms with E-state index in [2.05, 4.69) is 10.6 Å². The van der Waals surface area contributed by atoms with E-state index in [0.29, 0.717) is 13.0 Å². The maximum atomic E-state index is 11.5. The number of nitrogens with one attached hydrogen (secondary N) is 2. The number of amides is 1. The molecule has 0 aromatic heterocycles. The first-order valence-electron chi connectivity index (χ1n) is 7.01. The van der Waals surface area contributed by atoms with Gasteiger partial charge in [-0.2, -0.15) is 0 Å². The molecule has 0 saturated carbocycles. The molecule has 20 heavy (non-hydrogen) atoms. The molecule has 7 heteroatoms. The third-order valence-corrected chi connectivity index (χ3v) is 4.77. The Balaban J connectivity index is 2.17. The van der Waals surface area contributed by atoms with Crippen LogP contribution in [0.5, 0.6) is 0 Å². The molecule has 0 aromatic carbocycles. The zero-order valence-electron chi connectivity index (χ0n) is 12.7. The molecule has 1 amide bonds. The summed E-state index contributed by atoms with van der Waals surface area (Å²) in [5.41, 5.74) is -0.500. The van der Waals surface area contributed by atoms with Gasteiger partial charge in [-0.1, -0.05) is 0 Å². The summed E-state index contributed by atoms with van der Waals surface area (Å²) in [7, 11) is -2.84. The van der Waals surface area contributed by atoms with Crippen molar-refractivity contribution < 1.29 is 17.9 Å². The number of alkyl carbamates (subject to hydrolysis) is 1. The van der Waals surface area contributed by atoms with Crippen molar-refractivity contribution >= 4 is 15.9 Å².